The first kappa shape index (κ1) is 16.0. The van der Waals surface area contributed by atoms with E-state index in [0.717, 1.165) is 19.6 Å². The molecule has 0 aromatic carbocycles. The van der Waals surface area contributed by atoms with E-state index in [0.29, 0.717) is 6.04 Å². The average Bonchev–Trinajstić information content (AvgIpc) is 2.27. The molecular weight excluding hydrogens is 244 g/mol. The van der Waals surface area contributed by atoms with Crippen LogP contribution in [-0.2, 0) is 14.3 Å². The van der Waals surface area contributed by atoms with E-state index in [1.807, 2.05) is 25.7 Å². The van der Waals surface area contributed by atoms with E-state index in [1.165, 1.54) is 0 Å². The number of rotatable bonds is 3. The van der Waals surface area contributed by atoms with Crippen LogP contribution in [0.15, 0.2) is 0 Å². The van der Waals surface area contributed by atoms with Gasteiger partial charge >= 0.3 is 5.97 Å². The predicted octanol–water partition coefficient (Wildman–Crippen LogP) is 1.27. The Morgan fingerprint density at radius 3 is 2.37 bits per heavy atom. The highest BCUT2D eigenvalue weighted by molar-refractivity contribution is 5.81. The van der Waals surface area contributed by atoms with E-state index in [4.69, 9.17) is 4.74 Å². The third-order valence-corrected chi connectivity index (χ3v) is 3.28. The van der Waals surface area contributed by atoms with Crippen LogP contribution in [0.3, 0.4) is 0 Å². The number of hydrogen-bond donors (Lipinski definition) is 0. The minimum absolute atomic E-state index is 0.0470. The Balaban J connectivity index is 2.34. The maximum atomic E-state index is 12.0. The van der Waals surface area contributed by atoms with Gasteiger partial charge in [-0.3, -0.25) is 9.59 Å². The van der Waals surface area contributed by atoms with Crippen LogP contribution in [0.2, 0.25) is 0 Å². The van der Waals surface area contributed by atoms with E-state index >= 15 is 0 Å². The van der Waals surface area contributed by atoms with Crippen LogP contribution in [0.1, 0.15) is 40.5 Å². The lowest BCUT2D eigenvalue weighted by Crippen LogP contribution is -2.52. The van der Waals surface area contributed by atoms with Crippen molar-refractivity contribution in [3.63, 3.8) is 0 Å². The molecule has 19 heavy (non-hydrogen) atoms. The Morgan fingerprint density at radius 2 is 1.84 bits per heavy atom. The highest BCUT2D eigenvalue weighted by Gasteiger charge is 2.25. The van der Waals surface area contributed by atoms with Gasteiger partial charge in [0.15, 0.2) is 0 Å². The largest absolute Gasteiger partial charge is 0.460 e. The normalized spacial score (nSPS) is 21.3. The first-order valence-electron chi connectivity index (χ1n) is 6.89. The molecule has 0 bridgehead atoms. The van der Waals surface area contributed by atoms with Crippen LogP contribution in [0.4, 0.5) is 0 Å². The molecule has 1 heterocycles. The van der Waals surface area contributed by atoms with Gasteiger partial charge in [0, 0.05) is 32.1 Å². The number of nitrogens with zero attached hydrogens (tertiary/aromatic N) is 2. The van der Waals surface area contributed by atoms with Crippen molar-refractivity contribution in [2.45, 2.75) is 52.2 Å². The van der Waals surface area contributed by atoms with E-state index in [9.17, 15) is 9.59 Å². The summed E-state index contributed by atoms with van der Waals surface area (Å²) in [6.45, 7) is 9.96. The molecule has 0 aromatic heterocycles. The molecule has 1 saturated heterocycles. The maximum absolute atomic E-state index is 12.0. The van der Waals surface area contributed by atoms with Crippen LogP contribution in [0.5, 0.6) is 0 Å². The molecule has 0 saturated carbocycles. The average molecular weight is 270 g/mol. The number of likely N-dealkylation sites (N-methyl/N-ethyl adjacent to an activating group) is 1. The number of carbonyl (C=O) groups is 2. The molecular formula is C14H26N2O3. The molecule has 0 spiro atoms. The second kappa shape index (κ2) is 6.37. The van der Waals surface area contributed by atoms with Crippen molar-refractivity contribution in [2.75, 3.05) is 26.7 Å². The van der Waals surface area contributed by atoms with Crippen molar-refractivity contribution in [1.29, 1.82) is 0 Å². The minimum Gasteiger partial charge on any atom is -0.460 e. The van der Waals surface area contributed by atoms with Gasteiger partial charge in [0.25, 0.3) is 0 Å². The van der Waals surface area contributed by atoms with Gasteiger partial charge in [-0.15, -0.1) is 0 Å². The second-order valence-electron chi connectivity index (χ2n) is 6.26. The van der Waals surface area contributed by atoms with Gasteiger partial charge in [-0.25, -0.2) is 0 Å². The summed E-state index contributed by atoms with van der Waals surface area (Å²) in [5.41, 5.74) is -0.484. The Labute approximate surface area is 115 Å². The Hall–Kier alpha value is -1.10. The van der Waals surface area contributed by atoms with Gasteiger partial charge in [-0.2, -0.15) is 0 Å². The molecule has 5 nitrogen and oxygen atoms in total. The van der Waals surface area contributed by atoms with Crippen LogP contribution in [0.25, 0.3) is 0 Å². The highest BCUT2D eigenvalue weighted by Crippen LogP contribution is 2.12. The molecule has 1 aliphatic rings. The summed E-state index contributed by atoms with van der Waals surface area (Å²) in [4.78, 5) is 27.7. The first-order valence-corrected chi connectivity index (χ1v) is 6.89. The van der Waals surface area contributed by atoms with E-state index in [-0.39, 0.29) is 24.7 Å². The molecule has 1 amide bonds. The van der Waals surface area contributed by atoms with Crippen molar-refractivity contribution in [3.05, 3.63) is 0 Å². The molecule has 5 heteroatoms. The van der Waals surface area contributed by atoms with Crippen molar-refractivity contribution in [1.82, 2.24) is 9.80 Å². The third-order valence-electron chi connectivity index (χ3n) is 3.28. The molecule has 110 valence electrons. The van der Waals surface area contributed by atoms with Crippen molar-refractivity contribution >= 4 is 11.9 Å². The number of hydrogen-bond acceptors (Lipinski definition) is 4. The van der Waals surface area contributed by atoms with Crippen LogP contribution in [0, 0.1) is 0 Å². The Morgan fingerprint density at radius 1 is 1.21 bits per heavy atom. The van der Waals surface area contributed by atoms with Crippen LogP contribution in [-0.4, -0.2) is 60.0 Å². The van der Waals surface area contributed by atoms with Gasteiger partial charge in [0.2, 0.25) is 5.91 Å². The van der Waals surface area contributed by atoms with Crippen LogP contribution < -0.4 is 0 Å². The van der Waals surface area contributed by atoms with Gasteiger partial charge in [-0.1, -0.05) is 0 Å². The number of amides is 1. The minimum atomic E-state index is -0.484. The molecule has 1 atom stereocenters. The molecule has 1 fully saturated rings. The quantitative estimate of drug-likeness (QED) is 0.725. The maximum Gasteiger partial charge on any atom is 0.306 e. The molecule has 0 aromatic rings. The van der Waals surface area contributed by atoms with Gasteiger partial charge in [-0.05, 0) is 34.7 Å². The fourth-order valence-corrected chi connectivity index (χ4v) is 2.03. The summed E-state index contributed by atoms with van der Waals surface area (Å²) in [6.07, 6.45) is 0.405. The second-order valence-corrected chi connectivity index (χ2v) is 6.26. The Bertz CT molecular complexity index is 336. The van der Waals surface area contributed by atoms with Gasteiger partial charge in [0.1, 0.15) is 5.60 Å². The lowest BCUT2D eigenvalue weighted by atomic mass is 10.1. The van der Waals surface area contributed by atoms with Gasteiger partial charge in [0.05, 0.1) is 6.42 Å². The topological polar surface area (TPSA) is 49.9 Å². The number of piperazine rings is 1. The molecule has 0 aliphatic carbocycles. The summed E-state index contributed by atoms with van der Waals surface area (Å²) < 4.78 is 5.20. The first-order chi connectivity index (χ1) is 8.69. The lowest BCUT2D eigenvalue weighted by molar-refractivity contribution is -0.156. The fourth-order valence-electron chi connectivity index (χ4n) is 2.03. The van der Waals surface area contributed by atoms with E-state index in [2.05, 4.69) is 18.9 Å². The van der Waals surface area contributed by atoms with Crippen molar-refractivity contribution < 1.29 is 14.3 Å². The van der Waals surface area contributed by atoms with E-state index in [1.54, 1.807) is 0 Å². The fraction of sp³-hybridized carbons (Fsp3) is 0.857. The summed E-state index contributed by atoms with van der Waals surface area (Å²) in [6, 6.07) is 0.374. The summed E-state index contributed by atoms with van der Waals surface area (Å²) in [5, 5.41) is 0. The molecule has 0 N–H and O–H groups in total. The van der Waals surface area contributed by atoms with E-state index < -0.39 is 5.60 Å². The molecule has 1 rings (SSSR count). The predicted molar refractivity (Wildman–Crippen MR) is 73.8 cm³/mol. The molecule has 1 aliphatic heterocycles. The third kappa shape index (κ3) is 5.59. The monoisotopic (exact) mass is 270 g/mol. The smallest absolute Gasteiger partial charge is 0.306 e. The zero-order valence-electron chi connectivity index (χ0n) is 12.7. The highest BCUT2D eigenvalue weighted by atomic mass is 16.6. The van der Waals surface area contributed by atoms with Gasteiger partial charge < -0.3 is 14.5 Å². The lowest BCUT2D eigenvalue weighted by Gasteiger charge is -2.37. The van der Waals surface area contributed by atoms with Crippen LogP contribution >= 0.6 is 0 Å². The standard InChI is InChI=1S/C14H26N2O3/c1-11-10-16(9-8-15(11)5)12(17)6-7-13(18)19-14(2,3)4/h11H,6-10H2,1-5H3. The summed E-state index contributed by atoms with van der Waals surface area (Å²) in [5.74, 6) is -0.256. The van der Waals surface area contributed by atoms with Crippen molar-refractivity contribution in [3.8, 4) is 0 Å². The number of ether oxygens (including phenoxy) is 1. The molecule has 1 unspecified atom stereocenters. The SMILES string of the molecule is CC1CN(C(=O)CCC(=O)OC(C)(C)C)CCN1C. The Kier molecular flexibility index (Phi) is 5.35. The zero-order valence-corrected chi connectivity index (χ0v) is 12.7. The summed E-state index contributed by atoms with van der Waals surface area (Å²) in [7, 11) is 2.06. The number of carbonyl (C=O) groups excluding carboxylic acids is 2. The number of esters is 1. The summed E-state index contributed by atoms with van der Waals surface area (Å²) >= 11 is 0. The van der Waals surface area contributed by atoms with Crippen molar-refractivity contribution in [2.24, 2.45) is 0 Å². The molecule has 0 radical (unpaired) electrons. The zero-order chi connectivity index (χ0) is 14.6.